The van der Waals surface area contributed by atoms with E-state index in [1.807, 2.05) is 36.6 Å². The monoisotopic (exact) mass is 250 g/mol. The van der Waals surface area contributed by atoms with Crippen LogP contribution in [0.1, 0.15) is 23.2 Å². The van der Waals surface area contributed by atoms with Gasteiger partial charge in [-0.25, -0.2) is 0 Å². The number of hydrogen-bond donors (Lipinski definition) is 0. The minimum atomic E-state index is 0.0382. The maximum Gasteiger partial charge on any atom is 0.188 e. The van der Waals surface area contributed by atoms with Gasteiger partial charge in [0, 0.05) is 17.1 Å². The van der Waals surface area contributed by atoms with E-state index in [0.29, 0.717) is 12.2 Å². The van der Waals surface area contributed by atoms with Gasteiger partial charge in [0.1, 0.15) is 6.61 Å². The number of allylic oxidation sites excluding steroid dienone is 1. The molecule has 0 saturated heterocycles. The van der Waals surface area contributed by atoms with E-state index in [2.05, 4.69) is 6.58 Å². The molecule has 0 atom stereocenters. The average Bonchev–Trinajstić information content (AvgIpc) is 2.38. The van der Waals surface area contributed by atoms with Gasteiger partial charge in [-0.15, -0.1) is 18.3 Å². The van der Waals surface area contributed by atoms with Crippen LogP contribution >= 0.6 is 11.8 Å². The summed E-state index contributed by atoms with van der Waals surface area (Å²) < 4.78 is 5.31. The van der Waals surface area contributed by atoms with Crippen molar-refractivity contribution in [1.82, 2.24) is 0 Å². The fourth-order valence-corrected chi connectivity index (χ4v) is 1.76. The molecule has 0 heterocycles. The van der Waals surface area contributed by atoms with Crippen molar-refractivity contribution in [2.45, 2.75) is 17.7 Å². The summed E-state index contributed by atoms with van der Waals surface area (Å²) in [5, 5.41) is 0. The zero-order valence-corrected chi connectivity index (χ0v) is 11.0. The van der Waals surface area contributed by atoms with Crippen molar-refractivity contribution in [1.29, 1.82) is 0 Å². The second-order valence-corrected chi connectivity index (χ2v) is 4.51. The van der Waals surface area contributed by atoms with E-state index in [4.69, 9.17) is 4.74 Å². The number of unbranched alkanes of at least 4 members (excludes halogenated alkanes) is 1. The van der Waals surface area contributed by atoms with Gasteiger partial charge in [0.05, 0.1) is 0 Å². The van der Waals surface area contributed by atoms with Crippen LogP contribution in [0, 0.1) is 0 Å². The van der Waals surface area contributed by atoms with Crippen LogP contribution in [0.3, 0.4) is 0 Å². The topological polar surface area (TPSA) is 26.3 Å². The van der Waals surface area contributed by atoms with Crippen molar-refractivity contribution in [3.8, 4) is 0 Å². The first-order valence-corrected chi connectivity index (χ1v) is 6.86. The molecule has 0 saturated carbocycles. The van der Waals surface area contributed by atoms with Crippen molar-refractivity contribution in [3.63, 3.8) is 0 Å². The standard InChI is InChI=1S/C14H18O2S/c1-3-4-5-10-16-11-14(15)12-6-8-13(17-2)9-7-12/h3,6-9H,1,4-5,10-11H2,2H3. The predicted octanol–water partition coefficient (Wildman–Crippen LogP) is 3.57. The summed E-state index contributed by atoms with van der Waals surface area (Å²) in [4.78, 5) is 12.9. The molecule has 3 heteroatoms. The highest BCUT2D eigenvalue weighted by Crippen LogP contribution is 2.15. The molecule has 92 valence electrons. The number of carbonyl (C=O) groups excluding carboxylic acids is 1. The number of thioether (sulfide) groups is 1. The van der Waals surface area contributed by atoms with Crippen molar-refractivity contribution < 1.29 is 9.53 Å². The summed E-state index contributed by atoms with van der Waals surface area (Å²) in [6.45, 7) is 4.41. The van der Waals surface area contributed by atoms with Crippen LogP contribution in [0.4, 0.5) is 0 Å². The number of carbonyl (C=O) groups is 1. The van der Waals surface area contributed by atoms with E-state index in [9.17, 15) is 4.79 Å². The lowest BCUT2D eigenvalue weighted by atomic mass is 10.1. The Morgan fingerprint density at radius 1 is 1.41 bits per heavy atom. The smallest absolute Gasteiger partial charge is 0.188 e. The zero-order chi connectivity index (χ0) is 12.5. The van der Waals surface area contributed by atoms with Crippen LogP contribution in [0.25, 0.3) is 0 Å². The fraction of sp³-hybridized carbons (Fsp3) is 0.357. The SMILES string of the molecule is C=CCCCOCC(=O)c1ccc(SC)cc1. The number of rotatable bonds is 8. The molecule has 1 aromatic carbocycles. The van der Waals surface area contributed by atoms with Gasteiger partial charge in [-0.2, -0.15) is 0 Å². The predicted molar refractivity (Wildman–Crippen MR) is 72.8 cm³/mol. The molecule has 0 amide bonds. The Morgan fingerprint density at radius 2 is 2.12 bits per heavy atom. The van der Waals surface area contributed by atoms with Gasteiger partial charge in [-0.05, 0) is 31.2 Å². The van der Waals surface area contributed by atoms with Gasteiger partial charge < -0.3 is 4.74 Å². The molecule has 0 spiro atoms. The number of ketones is 1. The first-order chi connectivity index (χ1) is 8.27. The Hall–Kier alpha value is -1.06. The zero-order valence-electron chi connectivity index (χ0n) is 10.1. The van der Waals surface area contributed by atoms with Crippen LogP contribution < -0.4 is 0 Å². The van der Waals surface area contributed by atoms with Crippen LogP contribution in [-0.2, 0) is 4.74 Å². The highest BCUT2D eigenvalue weighted by Gasteiger charge is 2.05. The van der Waals surface area contributed by atoms with Crippen molar-refractivity contribution in [2.24, 2.45) is 0 Å². The first-order valence-electron chi connectivity index (χ1n) is 5.64. The molecule has 2 nitrogen and oxygen atoms in total. The van der Waals surface area contributed by atoms with Gasteiger partial charge in [-0.1, -0.05) is 18.2 Å². The summed E-state index contributed by atoms with van der Waals surface area (Å²) in [7, 11) is 0. The van der Waals surface area contributed by atoms with Crippen molar-refractivity contribution >= 4 is 17.5 Å². The summed E-state index contributed by atoms with van der Waals surface area (Å²) in [6, 6.07) is 7.60. The molecule has 0 N–H and O–H groups in total. The number of hydrogen-bond acceptors (Lipinski definition) is 3. The molecular formula is C14H18O2S. The van der Waals surface area contributed by atoms with E-state index in [-0.39, 0.29) is 12.4 Å². The number of benzene rings is 1. The van der Waals surface area contributed by atoms with Crippen LogP contribution in [-0.4, -0.2) is 25.3 Å². The Morgan fingerprint density at radius 3 is 2.71 bits per heavy atom. The highest BCUT2D eigenvalue weighted by molar-refractivity contribution is 7.98. The van der Waals surface area contributed by atoms with Gasteiger partial charge >= 0.3 is 0 Å². The lowest BCUT2D eigenvalue weighted by Crippen LogP contribution is -2.09. The van der Waals surface area contributed by atoms with Gasteiger partial charge in [0.15, 0.2) is 5.78 Å². The average molecular weight is 250 g/mol. The third kappa shape index (κ3) is 5.20. The number of ether oxygens (including phenoxy) is 1. The molecule has 0 radical (unpaired) electrons. The minimum Gasteiger partial charge on any atom is -0.373 e. The van der Waals surface area contributed by atoms with E-state index < -0.39 is 0 Å². The van der Waals surface area contributed by atoms with Crippen molar-refractivity contribution in [2.75, 3.05) is 19.5 Å². The van der Waals surface area contributed by atoms with Gasteiger partial charge in [-0.3, -0.25) is 4.79 Å². The Balaban J connectivity index is 2.33. The maximum atomic E-state index is 11.7. The molecule has 1 aromatic rings. The molecule has 17 heavy (non-hydrogen) atoms. The third-order valence-corrected chi connectivity index (χ3v) is 3.09. The van der Waals surface area contributed by atoms with Crippen LogP contribution in [0.5, 0.6) is 0 Å². The van der Waals surface area contributed by atoms with Crippen molar-refractivity contribution in [3.05, 3.63) is 42.5 Å². The molecule has 0 fully saturated rings. The quantitative estimate of drug-likeness (QED) is 0.305. The third-order valence-electron chi connectivity index (χ3n) is 2.34. The molecule has 0 unspecified atom stereocenters. The highest BCUT2D eigenvalue weighted by atomic mass is 32.2. The molecule has 0 aliphatic carbocycles. The van der Waals surface area contributed by atoms with Gasteiger partial charge in [0.2, 0.25) is 0 Å². The normalized spacial score (nSPS) is 10.2. The number of Topliss-reactive ketones (excluding diaryl/α,β-unsaturated/α-hetero) is 1. The lowest BCUT2D eigenvalue weighted by molar-refractivity contribution is 0.0757. The molecule has 0 aromatic heterocycles. The largest absolute Gasteiger partial charge is 0.373 e. The van der Waals surface area contributed by atoms with Gasteiger partial charge in [0.25, 0.3) is 0 Å². The lowest BCUT2D eigenvalue weighted by Gasteiger charge is -2.03. The van der Waals surface area contributed by atoms with E-state index >= 15 is 0 Å². The van der Waals surface area contributed by atoms with Crippen LogP contribution in [0.2, 0.25) is 0 Å². The molecule has 1 rings (SSSR count). The summed E-state index contributed by atoms with van der Waals surface area (Å²) in [6.07, 6.45) is 5.71. The summed E-state index contributed by atoms with van der Waals surface area (Å²) >= 11 is 1.66. The first kappa shape index (κ1) is 14.0. The molecular weight excluding hydrogens is 232 g/mol. The van der Waals surface area contributed by atoms with E-state index in [0.717, 1.165) is 17.7 Å². The second-order valence-electron chi connectivity index (χ2n) is 3.64. The second kappa shape index (κ2) is 8.09. The summed E-state index contributed by atoms with van der Waals surface area (Å²) in [5.41, 5.74) is 0.714. The molecule has 0 bridgehead atoms. The van der Waals surface area contributed by atoms with E-state index in [1.165, 1.54) is 0 Å². The van der Waals surface area contributed by atoms with Crippen LogP contribution in [0.15, 0.2) is 41.8 Å². The molecule has 0 aliphatic rings. The fourth-order valence-electron chi connectivity index (χ4n) is 1.35. The Kier molecular flexibility index (Phi) is 6.67. The Labute approximate surface area is 107 Å². The minimum absolute atomic E-state index is 0.0382. The summed E-state index contributed by atoms with van der Waals surface area (Å²) in [5.74, 6) is 0.0382. The molecule has 0 aliphatic heterocycles. The maximum absolute atomic E-state index is 11.7. The van der Waals surface area contributed by atoms with E-state index in [1.54, 1.807) is 11.8 Å². The Bertz CT molecular complexity index is 357.